The summed E-state index contributed by atoms with van der Waals surface area (Å²) in [7, 11) is 0. The van der Waals surface area contributed by atoms with Gasteiger partial charge in [0.2, 0.25) is 0 Å². The van der Waals surface area contributed by atoms with Crippen molar-refractivity contribution in [1.82, 2.24) is 9.55 Å². The molecule has 4 heteroatoms. The van der Waals surface area contributed by atoms with Crippen LogP contribution < -0.4 is 0 Å². The minimum absolute atomic E-state index is 0.696. The number of rotatable bonds is 4. The van der Waals surface area contributed by atoms with Gasteiger partial charge in [0, 0.05) is 11.4 Å². The number of aromatic nitrogens is 2. The van der Waals surface area contributed by atoms with Gasteiger partial charge in [0.15, 0.2) is 0 Å². The van der Waals surface area contributed by atoms with Crippen molar-refractivity contribution in [3.8, 4) is 17.2 Å². The number of fused-ring (bicyclic) bond motifs is 1. The number of nitrogens with zero attached hydrogens (tertiary/aromatic N) is 3. The standard InChI is InChI=1S/C22H17N3S/c1-26-19-10-8-17(9-11-19)20-12-16(6-7-18(20)13-23)14-25-15-24-21-4-2-3-5-22(21)25/h2-12,15H,14H2,1H3. The molecule has 0 saturated carbocycles. The van der Waals surface area contributed by atoms with E-state index in [4.69, 9.17) is 0 Å². The minimum atomic E-state index is 0.696. The van der Waals surface area contributed by atoms with E-state index in [1.165, 1.54) is 4.90 Å². The van der Waals surface area contributed by atoms with Crippen LogP contribution in [-0.2, 0) is 6.54 Å². The summed E-state index contributed by atoms with van der Waals surface area (Å²) in [5.74, 6) is 0. The van der Waals surface area contributed by atoms with Crippen LogP contribution >= 0.6 is 11.8 Å². The molecule has 1 heterocycles. The number of nitriles is 1. The Balaban J connectivity index is 1.73. The summed E-state index contributed by atoms with van der Waals surface area (Å²) in [6.45, 7) is 0.724. The van der Waals surface area contributed by atoms with Crippen LogP contribution in [0.2, 0.25) is 0 Å². The number of para-hydroxylation sites is 2. The minimum Gasteiger partial charge on any atom is -0.326 e. The average molecular weight is 355 g/mol. The van der Waals surface area contributed by atoms with Gasteiger partial charge in [0.05, 0.1) is 29.0 Å². The van der Waals surface area contributed by atoms with E-state index in [0.29, 0.717) is 5.56 Å². The number of hydrogen-bond acceptors (Lipinski definition) is 3. The Labute approximate surface area is 156 Å². The second kappa shape index (κ2) is 7.07. The zero-order valence-corrected chi connectivity index (χ0v) is 15.2. The molecule has 0 atom stereocenters. The highest BCUT2D eigenvalue weighted by atomic mass is 32.2. The molecule has 0 N–H and O–H groups in total. The van der Waals surface area contributed by atoms with E-state index in [0.717, 1.165) is 34.3 Å². The summed E-state index contributed by atoms with van der Waals surface area (Å²) in [6, 6.07) is 24.8. The fourth-order valence-corrected chi connectivity index (χ4v) is 3.54. The van der Waals surface area contributed by atoms with E-state index in [9.17, 15) is 5.26 Å². The number of thioether (sulfide) groups is 1. The van der Waals surface area contributed by atoms with Crippen LogP contribution in [0.5, 0.6) is 0 Å². The van der Waals surface area contributed by atoms with E-state index in [1.54, 1.807) is 11.8 Å². The van der Waals surface area contributed by atoms with Gasteiger partial charge in [0.25, 0.3) is 0 Å². The lowest BCUT2D eigenvalue weighted by molar-refractivity contribution is 0.824. The molecule has 3 nitrogen and oxygen atoms in total. The molecule has 0 aliphatic rings. The topological polar surface area (TPSA) is 41.6 Å². The lowest BCUT2D eigenvalue weighted by Gasteiger charge is -2.10. The van der Waals surface area contributed by atoms with Gasteiger partial charge >= 0.3 is 0 Å². The molecule has 0 spiro atoms. The van der Waals surface area contributed by atoms with Crippen LogP contribution in [0.25, 0.3) is 22.2 Å². The number of benzene rings is 3. The fraction of sp³-hybridized carbons (Fsp3) is 0.0909. The molecule has 126 valence electrons. The van der Waals surface area contributed by atoms with Crippen LogP contribution in [0.1, 0.15) is 11.1 Å². The highest BCUT2D eigenvalue weighted by Crippen LogP contribution is 2.27. The third-order valence-electron chi connectivity index (χ3n) is 4.49. The Morgan fingerprint density at radius 1 is 1.04 bits per heavy atom. The monoisotopic (exact) mass is 355 g/mol. The lowest BCUT2D eigenvalue weighted by Crippen LogP contribution is -1.99. The Morgan fingerprint density at radius 3 is 2.62 bits per heavy atom. The summed E-state index contributed by atoms with van der Waals surface area (Å²) < 4.78 is 2.14. The van der Waals surface area contributed by atoms with E-state index in [2.05, 4.69) is 58.3 Å². The van der Waals surface area contributed by atoms with Crippen LogP contribution in [0, 0.1) is 11.3 Å². The van der Waals surface area contributed by atoms with Gasteiger partial charge in [-0.05, 0) is 59.3 Å². The predicted octanol–water partition coefficient (Wildman–Crippen LogP) is 5.35. The van der Waals surface area contributed by atoms with E-state index in [1.807, 2.05) is 36.7 Å². The van der Waals surface area contributed by atoms with Gasteiger partial charge in [-0.3, -0.25) is 0 Å². The van der Waals surface area contributed by atoms with Crippen LogP contribution in [-0.4, -0.2) is 15.8 Å². The van der Waals surface area contributed by atoms with Gasteiger partial charge in [-0.25, -0.2) is 4.98 Å². The van der Waals surface area contributed by atoms with Crippen molar-refractivity contribution < 1.29 is 0 Å². The summed E-state index contributed by atoms with van der Waals surface area (Å²) in [5, 5.41) is 9.50. The molecule has 0 fully saturated rings. The summed E-state index contributed by atoms with van der Waals surface area (Å²) in [6.07, 6.45) is 3.93. The van der Waals surface area contributed by atoms with Crippen LogP contribution in [0.3, 0.4) is 0 Å². The normalized spacial score (nSPS) is 10.8. The number of hydrogen-bond donors (Lipinski definition) is 0. The highest BCUT2D eigenvalue weighted by Gasteiger charge is 2.08. The molecule has 4 rings (SSSR count). The SMILES string of the molecule is CSc1ccc(-c2cc(Cn3cnc4ccccc43)ccc2C#N)cc1. The molecule has 3 aromatic carbocycles. The Kier molecular flexibility index (Phi) is 4.47. The lowest BCUT2D eigenvalue weighted by atomic mass is 9.98. The second-order valence-electron chi connectivity index (χ2n) is 6.08. The van der Waals surface area contributed by atoms with Crippen molar-refractivity contribution in [2.24, 2.45) is 0 Å². The predicted molar refractivity (Wildman–Crippen MR) is 107 cm³/mol. The van der Waals surface area contributed by atoms with Crippen molar-refractivity contribution in [2.75, 3.05) is 6.26 Å². The smallest absolute Gasteiger partial charge is 0.0998 e. The number of imidazole rings is 1. The first-order valence-corrected chi connectivity index (χ1v) is 9.58. The molecule has 0 bridgehead atoms. The summed E-state index contributed by atoms with van der Waals surface area (Å²) in [4.78, 5) is 5.67. The molecule has 4 aromatic rings. The van der Waals surface area contributed by atoms with Gasteiger partial charge in [-0.2, -0.15) is 5.26 Å². The Morgan fingerprint density at radius 2 is 1.85 bits per heavy atom. The fourth-order valence-electron chi connectivity index (χ4n) is 3.13. The van der Waals surface area contributed by atoms with Crippen molar-refractivity contribution in [3.63, 3.8) is 0 Å². The Hall–Kier alpha value is -3.03. The average Bonchev–Trinajstić information content (AvgIpc) is 3.11. The van der Waals surface area contributed by atoms with Crippen molar-refractivity contribution >= 4 is 22.8 Å². The first-order chi connectivity index (χ1) is 12.8. The maximum absolute atomic E-state index is 9.50. The Bertz CT molecular complexity index is 1100. The molecule has 0 aliphatic carbocycles. The van der Waals surface area contributed by atoms with E-state index < -0.39 is 0 Å². The van der Waals surface area contributed by atoms with Crippen molar-refractivity contribution in [2.45, 2.75) is 11.4 Å². The molecule has 0 aliphatic heterocycles. The van der Waals surface area contributed by atoms with Gasteiger partial charge < -0.3 is 4.57 Å². The van der Waals surface area contributed by atoms with Crippen LogP contribution in [0.4, 0.5) is 0 Å². The van der Waals surface area contributed by atoms with Crippen molar-refractivity contribution in [3.05, 3.63) is 84.2 Å². The first kappa shape index (κ1) is 16.4. The van der Waals surface area contributed by atoms with Gasteiger partial charge in [-0.1, -0.05) is 30.3 Å². The molecule has 0 radical (unpaired) electrons. The molecule has 1 aromatic heterocycles. The third-order valence-corrected chi connectivity index (χ3v) is 5.23. The van der Waals surface area contributed by atoms with Gasteiger partial charge in [0.1, 0.15) is 0 Å². The molecule has 26 heavy (non-hydrogen) atoms. The quantitative estimate of drug-likeness (QED) is 0.464. The maximum Gasteiger partial charge on any atom is 0.0998 e. The molecular formula is C22H17N3S. The highest BCUT2D eigenvalue weighted by molar-refractivity contribution is 7.98. The maximum atomic E-state index is 9.50. The summed E-state index contributed by atoms with van der Waals surface area (Å²) >= 11 is 1.71. The molecule has 0 amide bonds. The zero-order chi connectivity index (χ0) is 17.9. The first-order valence-electron chi connectivity index (χ1n) is 8.36. The second-order valence-corrected chi connectivity index (χ2v) is 6.96. The van der Waals surface area contributed by atoms with E-state index in [-0.39, 0.29) is 0 Å². The molecule has 0 saturated heterocycles. The van der Waals surface area contributed by atoms with Crippen molar-refractivity contribution in [1.29, 1.82) is 5.26 Å². The van der Waals surface area contributed by atoms with Gasteiger partial charge in [-0.15, -0.1) is 11.8 Å². The largest absolute Gasteiger partial charge is 0.326 e. The van der Waals surface area contributed by atoms with Crippen LogP contribution in [0.15, 0.2) is 78.0 Å². The molecular weight excluding hydrogens is 338 g/mol. The summed E-state index contributed by atoms with van der Waals surface area (Å²) in [5.41, 5.74) is 5.99. The van der Waals surface area contributed by atoms with E-state index >= 15 is 0 Å². The molecule has 0 unspecified atom stereocenters. The third kappa shape index (κ3) is 3.10. The zero-order valence-electron chi connectivity index (χ0n) is 14.4.